The van der Waals surface area contributed by atoms with Crippen LogP contribution in [-0.4, -0.2) is 5.71 Å². The fraction of sp³-hybridized carbons (Fsp3) is 0.0667. The van der Waals surface area contributed by atoms with Gasteiger partial charge in [-0.25, -0.2) is 0 Å². The Bertz CT molecular complexity index is 1550. The van der Waals surface area contributed by atoms with Gasteiger partial charge in [0, 0.05) is 37.1 Å². The van der Waals surface area contributed by atoms with Crippen molar-refractivity contribution in [1.29, 1.82) is 0 Å². The Labute approximate surface area is 207 Å². The van der Waals surface area contributed by atoms with Crippen LogP contribution in [0.5, 0.6) is 0 Å². The topological polar surface area (TPSA) is 24.7 Å². The zero-order valence-corrected chi connectivity index (χ0v) is 20.1. The lowest BCUT2D eigenvalue weighted by atomic mass is 10.0. The predicted octanol–water partition coefficient (Wildman–Crippen LogP) is 8.11. The third kappa shape index (κ3) is 4.23. The Balaban J connectivity index is 1.49. The highest BCUT2D eigenvalue weighted by molar-refractivity contribution is 7.99. The molecule has 0 fully saturated rings. The Morgan fingerprint density at radius 3 is 2.24 bits per heavy atom. The summed E-state index contributed by atoms with van der Waals surface area (Å²) >= 11 is 3.71. The molecule has 4 heteroatoms. The zero-order valence-electron chi connectivity index (χ0n) is 18.5. The summed E-state index contributed by atoms with van der Waals surface area (Å²) in [6.45, 7) is 0. The molecule has 2 heterocycles. The molecule has 1 atom stereocenters. The van der Waals surface area contributed by atoms with Crippen LogP contribution in [0, 0.1) is 0 Å². The summed E-state index contributed by atoms with van der Waals surface area (Å²) in [7, 11) is 0. The average molecular weight is 475 g/mol. The third-order valence-electron chi connectivity index (χ3n) is 6.00. The van der Waals surface area contributed by atoms with Crippen LogP contribution in [0.1, 0.15) is 22.8 Å². The third-order valence-corrected chi connectivity index (χ3v) is 8.49. The van der Waals surface area contributed by atoms with Crippen LogP contribution in [-0.2, 0) is 0 Å². The zero-order chi connectivity index (χ0) is 22.7. The van der Waals surface area contributed by atoms with Gasteiger partial charge >= 0.3 is 0 Å². The van der Waals surface area contributed by atoms with Crippen molar-refractivity contribution >= 4 is 38.9 Å². The van der Waals surface area contributed by atoms with Gasteiger partial charge in [0.2, 0.25) is 0 Å². The summed E-state index contributed by atoms with van der Waals surface area (Å²) in [4.78, 5) is 2.46. The SMILES string of the molecule is c1ccc(-c2c/c(=N\N=C3/CC(c4ccccc4)Sc4ccccc43)c3ccccc3s2)cc1. The number of benzene rings is 4. The van der Waals surface area contributed by atoms with Gasteiger partial charge in [-0.05, 0) is 29.3 Å². The molecule has 0 aliphatic carbocycles. The second kappa shape index (κ2) is 9.41. The highest BCUT2D eigenvalue weighted by atomic mass is 32.2. The molecule has 0 N–H and O–H groups in total. The molecule has 0 spiro atoms. The van der Waals surface area contributed by atoms with Crippen molar-refractivity contribution < 1.29 is 0 Å². The smallest absolute Gasteiger partial charge is 0.0957 e. The van der Waals surface area contributed by atoms with Crippen LogP contribution >= 0.6 is 23.1 Å². The molecule has 5 aromatic rings. The summed E-state index contributed by atoms with van der Waals surface area (Å²) in [6.07, 6.45) is 0.855. The quantitative estimate of drug-likeness (QED) is 0.242. The number of nitrogens with zero attached hydrogens (tertiary/aromatic N) is 2. The van der Waals surface area contributed by atoms with Gasteiger partial charge in [0.15, 0.2) is 0 Å². The fourth-order valence-corrected chi connectivity index (χ4v) is 6.70. The Morgan fingerprint density at radius 1 is 0.676 bits per heavy atom. The van der Waals surface area contributed by atoms with Crippen molar-refractivity contribution in [2.24, 2.45) is 10.2 Å². The molecule has 34 heavy (non-hydrogen) atoms. The first-order valence-electron chi connectivity index (χ1n) is 11.3. The molecular formula is C30H22N2S2. The maximum atomic E-state index is 4.89. The van der Waals surface area contributed by atoms with Gasteiger partial charge in [-0.15, -0.1) is 23.1 Å². The molecule has 2 nitrogen and oxygen atoms in total. The van der Waals surface area contributed by atoms with Crippen molar-refractivity contribution in [2.75, 3.05) is 0 Å². The van der Waals surface area contributed by atoms with Crippen LogP contribution in [0.15, 0.2) is 130 Å². The van der Waals surface area contributed by atoms with Crippen molar-refractivity contribution in [3.63, 3.8) is 0 Å². The van der Waals surface area contributed by atoms with Gasteiger partial charge in [0.05, 0.1) is 11.1 Å². The Kier molecular flexibility index (Phi) is 5.84. The highest BCUT2D eigenvalue weighted by Gasteiger charge is 2.25. The standard InChI is InChI=1S/C30H22N2S2/c1-3-11-21(12-4-1)29-19-25(23-15-7-9-17-27(23)33-29)31-32-26-20-30(22-13-5-2-6-14-22)34-28-18-10-8-16-24(26)28/h1-19,30H,20H2/b31-25+,32-26+. The van der Waals surface area contributed by atoms with E-state index in [1.807, 2.05) is 17.8 Å². The van der Waals surface area contributed by atoms with Gasteiger partial charge in [-0.2, -0.15) is 10.2 Å². The van der Waals surface area contributed by atoms with Gasteiger partial charge < -0.3 is 0 Å². The lowest BCUT2D eigenvalue weighted by Crippen LogP contribution is -2.13. The van der Waals surface area contributed by atoms with E-state index in [1.165, 1.54) is 31.2 Å². The summed E-state index contributed by atoms with van der Waals surface area (Å²) < 4.78 is 1.21. The predicted molar refractivity (Wildman–Crippen MR) is 145 cm³/mol. The molecule has 6 rings (SSSR count). The molecule has 4 aromatic carbocycles. The Hall–Kier alpha value is -3.47. The van der Waals surface area contributed by atoms with Crippen molar-refractivity contribution in [2.45, 2.75) is 16.6 Å². The van der Waals surface area contributed by atoms with Crippen LogP contribution < -0.4 is 5.36 Å². The lowest BCUT2D eigenvalue weighted by Gasteiger charge is -2.25. The fourth-order valence-electron chi connectivity index (χ4n) is 4.30. The molecule has 0 saturated heterocycles. The average Bonchev–Trinajstić information content (AvgIpc) is 2.92. The molecular weight excluding hydrogens is 452 g/mol. The van der Waals surface area contributed by atoms with Crippen molar-refractivity contribution in [3.8, 4) is 10.4 Å². The monoisotopic (exact) mass is 474 g/mol. The molecule has 0 bridgehead atoms. The molecule has 1 aromatic heterocycles. The van der Waals surface area contributed by atoms with Crippen molar-refractivity contribution in [1.82, 2.24) is 0 Å². The molecule has 1 aliphatic heterocycles. The van der Waals surface area contributed by atoms with E-state index in [9.17, 15) is 0 Å². The first kappa shape index (κ1) is 21.1. The van der Waals surface area contributed by atoms with Crippen LogP contribution in [0.3, 0.4) is 0 Å². The molecule has 1 aliphatic rings. The number of hydrogen-bond donors (Lipinski definition) is 0. The molecule has 0 radical (unpaired) electrons. The molecule has 0 saturated carbocycles. The van der Waals surface area contributed by atoms with E-state index in [1.54, 1.807) is 11.3 Å². The van der Waals surface area contributed by atoms with Crippen molar-refractivity contribution in [3.05, 3.63) is 132 Å². The molecule has 1 unspecified atom stereocenters. The minimum atomic E-state index is 0.333. The van der Waals surface area contributed by atoms with E-state index in [-0.39, 0.29) is 0 Å². The minimum absolute atomic E-state index is 0.333. The minimum Gasteiger partial charge on any atom is -0.154 e. The summed E-state index contributed by atoms with van der Waals surface area (Å²) in [5.41, 5.74) is 4.76. The second-order valence-corrected chi connectivity index (χ2v) is 10.6. The van der Waals surface area contributed by atoms with Crippen LogP contribution in [0.4, 0.5) is 0 Å². The molecule has 0 amide bonds. The van der Waals surface area contributed by atoms with E-state index >= 15 is 0 Å². The lowest BCUT2D eigenvalue weighted by molar-refractivity contribution is 0.966. The first-order valence-corrected chi connectivity index (χ1v) is 13.0. The number of hydrogen-bond acceptors (Lipinski definition) is 4. The number of rotatable bonds is 3. The van der Waals surface area contributed by atoms with E-state index in [0.717, 1.165) is 22.9 Å². The van der Waals surface area contributed by atoms with E-state index in [4.69, 9.17) is 10.2 Å². The highest BCUT2D eigenvalue weighted by Crippen LogP contribution is 2.44. The Morgan fingerprint density at radius 2 is 1.38 bits per heavy atom. The van der Waals surface area contributed by atoms with E-state index in [0.29, 0.717) is 5.25 Å². The summed E-state index contributed by atoms with van der Waals surface area (Å²) in [6, 6.07) is 40.4. The maximum absolute atomic E-state index is 4.89. The largest absolute Gasteiger partial charge is 0.154 e. The summed E-state index contributed by atoms with van der Waals surface area (Å²) in [5, 5.41) is 12.1. The second-order valence-electron chi connectivity index (χ2n) is 8.22. The van der Waals surface area contributed by atoms with Gasteiger partial charge in [0.25, 0.3) is 0 Å². The van der Waals surface area contributed by atoms with Gasteiger partial charge in [-0.1, -0.05) is 97.1 Å². The maximum Gasteiger partial charge on any atom is 0.0957 e. The van der Waals surface area contributed by atoms with Gasteiger partial charge in [-0.3, -0.25) is 0 Å². The van der Waals surface area contributed by atoms with E-state index < -0.39 is 0 Å². The number of fused-ring (bicyclic) bond motifs is 2. The van der Waals surface area contributed by atoms with Crippen LogP contribution in [0.25, 0.3) is 20.5 Å². The van der Waals surface area contributed by atoms with Crippen LogP contribution in [0.2, 0.25) is 0 Å². The summed E-state index contributed by atoms with van der Waals surface area (Å²) in [5.74, 6) is 0. The number of thioether (sulfide) groups is 1. The van der Waals surface area contributed by atoms with Gasteiger partial charge in [0.1, 0.15) is 0 Å². The van der Waals surface area contributed by atoms with E-state index in [2.05, 4.69) is 109 Å². The normalized spacial score (nSPS) is 17.1. The molecule has 164 valence electrons. The first-order chi connectivity index (χ1) is 16.8.